The lowest BCUT2D eigenvalue weighted by atomic mass is 10.0. The van der Waals surface area contributed by atoms with E-state index in [0.29, 0.717) is 16.2 Å². The Kier molecular flexibility index (Phi) is 4.96. The van der Waals surface area contributed by atoms with Crippen LogP contribution in [0, 0.1) is 13.8 Å². The van der Waals surface area contributed by atoms with E-state index in [1.54, 1.807) is 24.3 Å². The van der Waals surface area contributed by atoms with Gasteiger partial charge >= 0.3 is 0 Å². The summed E-state index contributed by atoms with van der Waals surface area (Å²) in [6.07, 6.45) is 1.54. The van der Waals surface area contributed by atoms with Gasteiger partial charge < -0.3 is 5.32 Å². The largest absolute Gasteiger partial charge is 0.350 e. The maximum absolute atomic E-state index is 12.9. The monoisotopic (exact) mass is 366 g/mol. The lowest BCUT2D eigenvalue weighted by Gasteiger charge is -2.13. The van der Waals surface area contributed by atoms with Crippen molar-refractivity contribution in [2.24, 2.45) is 0 Å². The summed E-state index contributed by atoms with van der Waals surface area (Å²) in [5.41, 5.74) is 4.16. The lowest BCUT2D eigenvalue weighted by Crippen LogP contribution is -2.32. The number of hydrogen-bond acceptors (Lipinski definition) is 3. The Balaban J connectivity index is 2.10. The van der Waals surface area contributed by atoms with Crippen molar-refractivity contribution in [3.63, 3.8) is 0 Å². The average Bonchev–Trinajstić information content (AvgIpc) is 2.80. The topological polar surface area (TPSA) is 49.4 Å². The highest BCUT2D eigenvalue weighted by Crippen LogP contribution is 2.31. The number of carbonyl (C=O) groups is 2. The van der Waals surface area contributed by atoms with Gasteiger partial charge in [0.1, 0.15) is 5.70 Å². The third-order valence-electron chi connectivity index (χ3n) is 4.10. The number of nitrogens with one attached hydrogen (secondary N) is 1. The number of halogens is 1. The van der Waals surface area contributed by atoms with Crippen LogP contribution in [-0.2, 0) is 9.59 Å². The Bertz CT molecular complexity index is 909. The van der Waals surface area contributed by atoms with Gasteiger partial charge in [0, 0.05) is 17.3 Å². The zero-order chi connectivity index (χ0) is 18.8. The van der Waals surface area contributed by atoms with Gasteiger partial charge in [0.2, 0.25) is 0 Å². The van der Waals surface area contributed by atoms with Crippen LogP contribution in [0.3, 0.4) is 0 Å². The third-order valence-corrected chi connectivity index (χ3v) is 4.36. The number of imide groups is 1. The molecule has 2 amide bonds. The number of aryl methyl sites for hydroxylation is 2. The van der Waals surface area contributed by atoms with E-state index in [1.165, 1.54) is 11.0 Å². The first-order valence-corrected chi connectivity index (χ1v) is 8.61. The number of rotatable bonds is 5. The highest BCUT2D eigenvalue weighted by atomic mass is 35.5. The van der Waals surface area contributed by atoms with Gasteiger partial charge in [-0.15, -0.1) is 6.58 Å². The molecule has 2 aromatic rings. The molecule has 0 bridgehead atoms. The summed E-state index contributed by atoms with van der Waals surface area (Å²) in [6.45, 7) is 7.76. The second kappa shape index (κ2) is 7.18. The van der Waals surface area contributed by atoms with Crippen LogP contribution in [-0.4, -0.2) is 23.3 Å². The first kappa shape index (κ1) is 18.0. The summed E-state index contributed by atoms with van der Waals surface area (Å²) in [4.78, 5) is 26.9. The van der Waals surface area contributed by atoms with Crippen LogP contribution in [0.25, 0.3) is 5.57 Å². The Hall–Kier alpha value is -2.85. The average molecular weight is 367 g/mol. The molecule has 0 radical (unpaired) electrons. The highest BCUT2D eigenvalue weighted by Gasteiger charge is 2.38. The van der Waals surface area contributed by atoms with Crippen LogP contribution in [0.4, 0.5) is 5.69 Å². The smallest absolute Gasteiger partial charge is 0.278 e. The first-order chi connectivity index (χ1) is 12.4. The van der Waals surface area contributed by atoms with Gasteiger partial charge in [-0.25, -0.2) is 0 Å². The van der Waals surface area contributed by atoms with Crippen LogP contribution in [0.15, 0.2) is 60.8 Å². The minimum absolute atomic E-state index is 0.160. The van der Waals surface area contributed by atoms with E-state index in [4.69, 9.17) is 11.6 Å². The molecule has 0 atom stereocenters. The molecule has 0 fully saturated rings. The van der Waals surface area contributed by atoms with Gasteiger partial charge in [-0.3, -0.25) is 14.5 Å². The van der Waals surface area contributed by atoms with Gasteiger partial charge in [-0.05, 0) is 54.8 Å². The number of benzene rings is 2. The molecule has 132 valence electrons. The minimum atomic E-state index is -0.362. The molecule has 3 rings (SSSR count). The molecule has 4 nitrogen and oxygen atoms in total. The SMILES string of the molecule is C=CCN1C(=O)C(Nc2cc(C)cc(C)c2)=C(c2ccc(Cl)cc2)C1=O. The first-order valence-electron chi connectivity index (χ1n) is 8.23. The van der Waals surface area contributed by atoms with E-state index < -0.39 is 0 Å². The molecule has 1 aliphatic rings. The van der Waals surface area contributed by atoms with Crippen LogP contribution < -0.4 is 5.32 Å². The maximum atomic E-state index is 12.9. The van der Waals surface area contributed by atoms with Crippen LogP contribution >= 0.6 is 11.6 Å². The molecule has 5 heteroatoms. The predicted octanol–water partition coefficient (Wildman–Crippen LogP) is 4.33. The van der Waals surface area contributed by atoms with E-state index in [-0.39, 0.29) is 24.1 Å². The molecule has 0 unspecified atom stereocenters. The van der Waals surface area contributed by atoms with Crippen molar-refractivity contribution >= 4 is 34.7 Å². The minimum Gasteiger partial charge on any atom is -0.350 e. The molecule has 0 aromatic heterocycles. The van der Waals surface area contributed by atoms with E-state index in [0.717, 1.165) is 16.8 Å². The molecule has 1 heterocycles. The molecule has 0 saturated carbocycles. The summed E-state index contributed by atoms with van der Waals surface area (Å²) in [6, 6.07) is 12.8. The zero-order valence-corrected chi connectivity index (χ0v) is 15.4. The molecule has 26 heavy (non-hydrogen) atoms. The van der Waals surface area contributed by atoms with Crippen LogP contribution in [0.1, 0.15) is 16.7 Å². The predicted molar refractivity (Wildman–Crippen MR) is 105 cm³/mol. The number of anilines is 1. The second-order valence-electron chi connectivity index (χ2n) is 6.27. The second-order valence-corrected chi connectivity index (χ2v) is 6.70. The Morgan fingerprint density at radius 1 is 1.04 bits per heavy atom. The van der Waals surface area contributed by atoms with E-state index in [2.05, 4.69) is 11.9 Å². The van der Waals surface area contributed by atoms with Crippen molar-refractivity contribution < 1.29 is 9.59 Å². The van der Waals surface area contributed by atoms with Crippen molar-refractivity contribution in [1.29, 1.82) is 0 Å². The van der Waals surface area contributed by atoms with Gasteiger partial charge in [-0.2, -0.15) is 0 Å². The molecule has 2 aromatic carbocycles. The molecule has 1 aliphatic heterocycles. The number of nitrogens with zero attached hydrogens (tertiary/aromatic N) is 1. The van der Waals surface area contributed by atoms with Crippen molar-refractivity contribution in [2.45, 2.75) is 13.8 Å². The van der Waals surface area contributed by atoms with E-state index in [9.17, 15) is 9.59 Å². The molecule has 0 aliphatic carbocycles. The fourth-order valence-electron chi connectivity index (χ4n) is 3.06. The van der Waals surface area contributed by atoms with Gasteiger partial charge in [0.15, 0.2) is 0 Å². The number of hydrogen-bond donors (Lipinski definition) is 1. The van der Waals surface area contributed by atoms with E-state index >= 15 is 0 Å². The van der Waals surface area contributed by atoms with Crippen molar-refractivity contribution in [3.05, 3.63) is 82.5 Å². The quantitative estimate of drug-likeness (QED) is 0.632. The van der Waals surface area contributed by atoms with Gasteiger partial charge in [0.25, 0.3) is 11.8 Å². The Morgan fingerprint density at radius 2 is 1.65 bits per heavy atom. The summed E-state index contributed by atoms with van der Waals surface area (Å²) >= 11 is 5.96. The fourth-order valence-corrected chi connectivity index (χ4v) is 3.19. The molecule has 0 spiro atoms. The van der Waals surface area contributed by atoms with Crippen molar-refractivity contribution in [1.82, 2.24) is 4.90 Å². The summed E-state index contributed by atoms with van der Waals surface area (Å²) < 4.78 is 0. The maximum Gasteiger partial charge on any atom is 0.278 e. The van der Waals surface area contributed by atoms with E-state index in [1.807, 2.05) is 32.0 Å². The number of amides is 2. The fraction of sp³-hybridized carbons (Fsp3) is 0.143. The highest BCUT2D eigenvalue weighted by molar-refractivity contribution is 6.37. The summed E-state index contributed by atoms with van der Waals surface area (Å²) in [5.74, 6) is -0.705. The number of carbonyl (C=O) groups excluding carboxylic acids is 2. The Morgan fingerprint density at radius 3 is 2.23 bits per heavy atom. The molecule has 0 saturated heterocycles. The molecular formula is C21H19ClN2O2. The zero-order valence-electron chi connectivity index (χ0n) is 14.7. The normalized spacial score (nSPS) is 14.2. The summed E-state index contributed by atoms with van der Waals surface area (Å²) in [7, 11) is 0. The van der Waals surface area contributed by atoms with Crippen molar-refractivity contribution in [2.75, 3.05) is 11.9 Å². The van der Waals surface area contributed by atoms with Crippen LogP contribution in [0.2, 0.25) is 5.02 Å². The lowest BCUT2D eigenvalue weighted by molar-refractivity contribution is -0.136. The molecular weight excluding hydrogens is 348 g/mol. The summed E-state index contributed by atoms with van der Waals surface area (Å²) in [5, 5.41) is 3.72. The Labute approximate surface area is 157 Å². The van der Waals surface area contributed by atoms with Gasteiger partial charge in [0.05, 0.1) is 5.57 Å². The third kappa shape index (κ3) is 3.41. The van der Waals surface area contributed by atoms with Gasteiger partial charge in [-0.1, -0.05) is 35.9 Å². The standard InChI is InChI=1S/C21H19ClN2O2/c1-4-9-24-20(25)18(15-5-7-16(22)8-6-15)19(21(24)26)23-17-11-13(2)10-14(3)12-17/h4-8,10-12,23H,1,9H2,2-3H3. The van der Waals surface area contributed by atoms with Crippen molar-refractivity contribution in [3.8, 4) is 0 Å². The van der Waals surface area contributed by atoms with Crippen LogP contribution in [0.5, 0.6) is 0 Å². The molecule has 1 N–H and O–H groups in total.